The highest BCUT2D eigenvalue weighted by molar-refractivity contribution is 5.98. The van der Waals surface area contributed by atoms with Crippen LogP contribution in [0.2, 0.25) is 0 Å². The van der Waals surface area contributed by atoms with Gasteiger partial charge in [-0.15, -0.1) is 0 Å². The van der Waals surface area contributed by atoms with Crippen molar-refractivity contribution < 1.29 is 23.8 Å². The largest absolute Gasteiger partial charge is 0.492 e. The standard InChI is InChI=1S/C17H20FN3O4/c1-10(2)21-9-13(15(25-3)17(21)24)16(23)20-19-14(22)8-11-4-6-12(18)7-5-11/h4-7,9-10,24H,8H2,1-3H3,(H,19,22)(H,20,23). The molecule has 1 aromatic heterocycles. The van der Waals surface area contributed by atoms with Crippen LogP contribution in [0.3, 0.4) is 0 Å². The summed E-state index contributed by atoms with van der Waals surface area (Å²) in [6, 6.07) is 5.40. The van der Waals surface area contributed by atoms with Crippen LogP contribution < -0.4 is 15.6 Å². The smallest absolute Gasteiger partial charge is 0.275 e. The van der Waals surface area contributed by atoms with Gasteiger partial charge in [-0.2, -0.15) is 0 Å². The van der Waals surface area contributed by atoms with Gasteiger partial charge < -0.3 is 14.4 Å². The van der Waals surface area contributed by atoms with Gasteiger partial charge in [-0.25, -0.2) is 4.39 Å². The molecule has 0 saturated carbocycles. The van der Waals surface area contributed by atoms with Crippen LogP contribution >= 0.6 is 0 Å². The molecule has 0 saturated heterocycles. The number of amides is 2. The first-order valence-corrected chi connectivity index (χ1v) is 7.65. The Hall–Kier alpha value is -3.03. The lowest BCUT2D eigenvalue weighted by atomic mass is 10.1. The number of nitrogens with one attached hydrogen (secondary N) is 2. The molecule has 0 spiro atoms. The third kappa shape index (κ3) is 4.28. The molecule has 1 heterocycles. The molecular weight excluding hydrogens is 329 g/mol. The molecule has 2 rings (SSSR count). The minimum absolute atomic E-state index is 0.0179. The summed E-state index contributed by atoms with van der Waals surface area (Å²) in [6.45, 7) is 3.68. The summed E-state index contributed by atoms with van der Waals surface area (Å²) in [4.78, 5) is 24.1. The Morgan fingerprint density at radius 2 is 1.88 bits per heavy atom. The van der Waals surface area contributed by atoms with Gasteiger partial charge in [0.25, 0.3) is 5.91 Å². The maximum Gasteiger partial charge on any atom is 0.275 e. The average molecular weight is 349 g/mol. The first-order chi connectivity index (χ1) is 11.8. The van der Waals surface area contributed by atoms with Crippen LogP contribution in [0.1, 0.15) is 35.8 Å². The van der Waals surface area contributed by atoms with Crippen LogP contribution in [-0.4, -0.2) is 28.6 Å². The maximum absolute atomic E-state index is 12.8. The van der Waals surface area contributed by atoms with E-state index in [9.17, 15) is 19.1 Å². The Balaban J connectivity index is 2.01. The van der Waals surface area contributed by atoms with Gasteiger partial charge in [-0.05, 0) is 31.5 Å². The van der Waals surface area contributed by atoms with Crippen molar-refractivity contribution in [2.45, 2.75) is 26.3 Å². The summed E-state index contributed by atoms with van der Waals surface area (Å²) in [6.07, 6.45) is 1.43. The minimum atomic E-state index is -0.626. The SMILES string of the molecule is COc1c(C(=O)NNC(=O)Cc2ccc(F)cc2)cn(C(C)C)c1O. The van der Waals surface area contributed by atoms with E-state index in [1.54, 1.807) is 0 Å². The molecule has 2 aromatic rings. The number of aromatic hydroxyl groups is 1. The van der Waals surface area contributed by atoms with Gasteiger partial charge in [0.05, 0.1) is 13.5 Å². The highest BCUT2D eigenvalue weighted by atomic mass is 19.1. The number of hydrogen-bond donors (Lipinski definition) is 3. The molecule has 25 heavy (non-hydrogen) atoms. The third-order valence-corrected chi connectivity index (χ3v) is 3.56. The molecule has 0 unspecified atom stereocenters. The second kappa shape index (κ2) is 7.69. The van der Waals surface area contributed by atoms with Gasteiger partial charge in [-0.3, -0.25) is 20.4 Å². The molecule has 0 aliphatic heterocycles. The summed E-state index contributed by atoms with van der Waals surface area (Å²) < 4.78 is 19.4. The molecule has 3 N–H and O–H groups in total. The monoisotopic (exact) mass is 349 g/mol. The number of methoxy groups -OCH3 is 1. The molecule has 0 radical (unpaired) electrons. The second-order valence-electron chi connectivity index (χ2n) is 5.71. The fourth-order valence-electron chi connectivity index (χ4n) is 2.28. The zero-order chi connectivity index (χ0) is 18.6. The van der Waals surface area contributed by atoms with Crippen LogP contribution in [0.5, 0.6) is 11.6 Å². The molecule has 1 aromatic carbocycles. The van der Waals surface area contributed by atoms with Crippen molar-refractivity contribution in [1.82, 2.24) is 15.4 Å². The van der Waals surface area contributed by atoms with Gasteiger partial charge >= 0.3 is 0 Å². The predicted octanol–water partition coefficient (Wildman–Crippen LogP) is 1.93. The Morgan fingerprint density at radius 3 is 2.44 bits per heavy atom. The van der Waals surface area contributed by atoms with Crippen molar-refractivity contribution in [2.75, 3.05) is 7.11 Å². The fourth-order valence-corrected chi connectivity index (χ4v) is 2.28. The van der Waals surface area contributed by atoms with E-state index < -0.39 is 11.8 Å². The minimum Gasteiger partial charge on any atom is -0.492 e. The van der Waals surface area contributed by atoms with Crippen LogP contribution in [0.25, 0.3) is 0 Å². The number of halogens is 1. The molecule has 0 atom stereocenters. The van der Waals surface area contributed by atoms with E-state index in [1.807, 2.05) is 13.8 Å². The van der Waals surface area contributed by atoms with Gasteiger partial charge in [0.15, 0.2) is 5.75 Å². The Morgan fingerprint density at radius 1 is 1.24 bits per heavy atom. The Labute approximate surface area is 144 Å². The van der Waals surface area contributed by atoms with Crippen molar-refractivity contribution in [3.63, 3.8) is 0 Å². The van der Waals surface area contributed by atoms with Crippen molar-refractivity contribution in [3.8, 4) is 11.6 Å². The number of nitrogens with zero attached hydrogens (tertiary/aromatic N) is 1. The molecule has 7 nitrogen and oxygen atoms in total. The van der Waals surface area contributed by atoms with Crippen LogP contribution in [0.4, 0.5) is 4.39 Å². The molecule has 2 amide bonds. The topological polar surface area (TPSA) is 92.6 Å². The molecule has 0 aliphatic carbocycles. The lowest BCUT2D eigenvalue weighted by molar-refractivity contribution is -0.121. The molecule has 0 aliphatic rings. The van der Waals surface area contributed by atoms with Crippen molar-refractivity contribution >= 4 is 11.8 Å². The summed E-state index contributed by atoms with van der Waals surface area (Å²) in [7, 11) is 1.34. The van der Waals surface area contributed by atoms with Crippen LogP contribution in [0, 0.1) is 5.82 Å². The number of aromatic nitrogens is 1. The van der Waals surface area contributed by atoms with Crippen LogP contribution in [0.15, 0.2) is 30.5 Å². The first kappa shape index (κ1) is 18.3. The molecule has 134 valence electrons. The van der Waals surface area contributed by atoms with E-state index in [0.717, 1.165) is 0 Å². The number of ether oxygens (including phenoxy) is 1. The number of hydrazine groups is 1. The van der Waals surface area contributed by atoms with E-state index in [4.69, 9.17) is 4.74 Å². The second-order valence-corrected chi connectivity index (χ2v) is 5.71. The summed E-state index contributed by atoms with van der Waals surface area (Å²) in [5, 5.41) is 10.1. The Bertz CT molecular complexity index is 769. The number of hydrogen-bond acceptors (Lipinski definition) is 4. The predicted molar refractivity (Wildman–Crippen MR) is 88.7 cm³/mol. The molecule has 0 fully saturated rings. The van der Waals surface area contributed by atoms with Crippen LogP contribution in [-0.2, 0) is 11.2 Å². The highest BCUT2D eigenvalue weighted by Crippen LogP contribution is 2.34. The van der Waals surface area contributed by atoms with Gasteiger partial charge in [-0.1, -0.05) is 12.1 Å². The lowest BCUT2D eigenvalue weighted by Gasteiger charge is -2.08. The summed E-state index contributed by atoms with van der Waals surface area (Å²) >= 11 is 0. The Kier molecular flexibility index (Phi) is 5.63. The normalized spacial score (nSPS) is 10.6. The number of carbonyl (C=O) groups excluding carboxylic acids is 2. The molecule has 8 heteroatoms. The third-order valence-electron chi connectivity index (χ3n) is 3.56. The number of carbonyl (C=O) groups is 2. The zero-order valence-electron chi connectivity index (χ0n) is 14.2. The highest BCUT2D eigenvalue weighted by Gasteiger charge is 2.23. The maximum atomic E-state index is 12.8. The van der Waals surface area contributed by atoms with E-state index in [1.165, 1.54) is 42.1 Å². The molecular formula is C17H20FN3O4. The fraction of sp³-hybridized carbons (Fsp3) is 0.294. The molecule has 0 bridgehead atoms. The van der Waals surface area contributed by atoms with Gasteiger partial charge in [0.1, 0.15) is 11.4 Å². The quantitative estimate of drug-likeness (QED) is 0.719. The lowest BCUT2D eigenvalue weighted by Crippen LogP contribution is -2.42. The summed E-state index contributed by atoms with van der Waals surface area (Å²) in [5.74, 6) is -1.62. The van der Waals surface area contributed by atoms with E-state index >= 15 is 0 Å². The van der Waals surface area contributed by atoms with Gasteiger partial charge in [0, 0.05) is 12.2 Å². The first-order valence-electron chi connectivity index (χ1n) is 7.65. The van der Waals surface area contributed by atoms with E-state index in [-0.39, 0.29) is 35.5 Å². The van der Waals surface area contributed by atoms with E-state index in [2.05, 4.69) is 10.9 Å². The number of benzene rings is 1. The van der Waals surface area contributed by atoms with Crippen molar-refractivity contribution in [2.24, 2.45) is 0 Å². The van der Waals surface area contributed by atoms with Crippen molar-refractivity contribution in [3.05, 3.63) is 47.4 Å². The van der Waals surface area contributed by atoms with Crippen molar-refractivity contribution in [1.29, 1.82) is 0 Å². The van der Waals surface area contributed by atoms with Gasteiger partial charge in [0.2, 0.25) is 11.8 Å². The summed E-state index contributed by atoms with van der Waals surface area (Å²) in [5.41, 5.74) is 5.24. The zero-order valence-corrected chi connectivity index (χ0v) is 14.2. The average Bonchev–Trinajstić information content (AvgIpc) is 2.91. The van der Waals surface area contributed by atoms with E-state index in [0.29, 0.717) is 5.56 Å². The number of rotatable bonds is 5.